The molecule has 25 heavy (non-hydrogen) atoms. The van der Waals surface area contributed by atoms with Gasteiger partial charge in [0.15, 0.2) is 5.69 Å². The summed E-state index contributed by atoms with van der Waals surface area (Å²) >= 11 is 5.96. The van der Waals surface area contributed by atoms with E-state index in [9.17, 15) is 4.79 Å². The molecule has 2 N–H and O–H groups in total. The number of halogens is 2. The number of nitrogens with one attached hydrogen (secondary N) is 2. The fourth-order valence-electron chi connectivity index (χ4n) is 3.13. The highest BCUT2D eigenvalue weighted by Gasteiger charge is 2.28. The number of likely N-dealkylation sites (N-methyl/N-ethyl adjacent to an activating group) is 1. The van der Waals surface area contributed by atoms with Crippen LogP contribution in [0.5, 0.6) is 0 Å². The van der Waals surface area contributed by atoms with Crippen LogP contribution in [0.25, 0.3) is 0 Å². The summed E-state index contributed by atoms with van der Waals surface area (Å²) in [5.74, 6) is 0.161. The average Bonchev–Trinajstić information content (AvgIpc) is 3.04. The molecule has 0 saturated heterocycles. The largest absolute Gasteiger partial charge is 0.337 e. The predicted molar refractivity (Wildman–Crippen MR) is 103 cm³/mol. The van der Waals surface area contributed by atoms with Crippen LogP contribution >= 0.6 is 24.0 Å². The minimum atomic E-state index is -0.0375. The quantitative estimate of drug-likeness (QED) is 0.851. The zero-order chi connectivity index (χ0) is 17.3. The van der Waals surface area contributed by atoms with Crippen molar-refractivity contribution in [1.29, 1.82) is 0 Å². The van der Waals surface area contributed by atoms with E-state index in [2.05, 4.69) is 29.4 Å². The molecule has 5 nitrogen and oxygen atoms in total. The third-order valence-corrected chi connectivity index (χ3v) is 5.31. The number of hydrogen-bond donors (Lipinski definition) is 2. The number of nitrogens with zero attached hydrogens (tertiary/aromatic N) is 2. The molecule has 2 aromatic rings. The lowest BCUT2D eigenvalue weighted by Gasteiger charge is -2.30. The van der Waals surface area contributed by atoms with Gasteiger partial charge in [-0.1, -0.05) is 30.7 Å². The molecule has 1 aliphatic heterocycles. The van der Waals surface area contributed by atoms with Crippen molar-refractivity contribution in [3.8, 4) is 0 Å². The molecule has 2 heterocycles. The van der Waals surface area contributed by atoms with Gasteiger partial charge >= 0.3 is 0 Å². The van der Waals surface area contributed by atoms with Gasteiger partial charge in [0.05, 0.1) is 0 Å². The Kier molecular flexibility index (Phi) is 6.49. The number of aromatic amines is 1. The van der Waals surface area contributed by atoms with Gasteiger partial charge in [0.2, 0.25) is 0 Å². The molecule has 1 aromatic carbocycles. The summed E-state index contributed by atoms with van der Waals surface area (Å²) in [4.78, 5) is 14.7. The zero-order valence-corrected chi connectivity index (χ0v) is 16.2. The first kappa shape index (κ1) is 19.8. The average molecular weight is 383 g/mol. The lowest BCUT2D eigenvalue weighted by molar-refractivity contribution is 0.0719. The van der Waals surface area contributed by atoms with Crippen LogP contribution in [-0.4, -0.2) is 40.6 Å². The molecule has 0 bridgehead atoms. The van der Waals surface area contributed by atoms with E-state index in [0.29, 0.717) is 12.2 Å². The van der Waals surface area contributed by atoms with Gasteiger partial charge in [0.1, 0.15) is 0 Å². The second-order valence-corrected chi connectivity index (χ2v) is 6.89. The van der Waals surface area contributed by atoms with E-state index in [-0.39, 0.29) is 30.3 Å². The second-order valence-electron chi connectivity index (χ2n) is 6.45. The van der Waals surface area contributed by atoms with Crippen molar-refractivity contribution in [1.82, 2.24) is 20.4 Å². The summed E-state index contributed by atoms with van der Waals surface area (Å²) in [6, 6.07) is 7.85. The zero-order valence-electron chi connectivity index (χ0n) is 14.7. The van der Waals surface area contributed by atoms with Crippen LogP contribution in [0.1, 0.15) is 47.1 Å². The van der Waals surface area contributed by atoms with Gasteiger partial charge in [0.25, 0.3) is 5.91 Å². The molecule has 2 atom stereocenters. The van der Waals surface area contributed by atoms with Gasteiger partial charge in [-0.25, -0.2) is 0 Å². The Morgan fingerprint density at radius 2 is 1.96 bits per heavy atom. The molecule has 0 fully saturated rings. The highest BCUT2D eigenvalue weighted by Crippen LogP contribution is 2.25. The summed E-state index contributed by atoms with van der Waals surface area (Å²) in [5.41, 5.74) is 3.78. The van der Waals surface area contributed by atoms with Crippen molar-refractivity contribution < 1.29 is 4.79 Å². The number of carbonyl (C=O) groups is 1. The predicted octanol–water partition coefficient (Wildman–Crippen LogP) is 3.39. The van der Waals surface area contributed by atoms with Crippen molar-refractivity contribution in [2.75, 3.05) is 13.6 Å². The first-order valence-corrected chi connectivity index (χ1v) is 8.66. The van der Waals surface area contributed by atoms with Crippen molar-refractivity contribution in [3.05, 3.63) is 51.8 Å². The van der Waals surface area contributed by atoms with E-state index < -0.39 is 0 Å². The lowest BCUT2D eigenvalue weighted by atomic mass is 9.93. The Balaban J connectivity index is 0.00000225. The monoisotopic (exact) mass is 382 g/mol. The molecule has 7 heteroatoms. The molecule has 1 amide bonds. The van der Waals surface area contributed by atoms with Gasteiger partial charge < -0.3 is 10.2 Å². The van der Waals surface area contributed by atoms with Crippen LogP contribution < -0.4 is 5.32 Å². The van der Waals surface area contributed by atoms with Gasteiger partial charge in [-0.05, 0) is 24.6 Å². The number of fused-ring (bicyclic) bond motifs is 1. The van der Waals surface area contributed by atoms with Crippen LogP contribution in [0.4, 0.5) is 0 Å². The standard InChI is InChI=1S/C18H23ClN4O.ClH/c1-11(13-4-6-14(19)7-5-13)12(2)23(3)18(24)17-15-10-20-9-8-16(15)21-22-17;/h4-7,11-12,20H,8-10H2,1-3H3,(H,21,22);1H. The molecule has 136 valence electrons. The second kappa shape index (κ2) is 8.21. The highest BCUT2D eigenvalue weighted by molar-refractivity contribution is 6.30. The molecule has 0 saturated carbocycles. The summed E-state index contributed by atoms with van der Waals surface area (Å²) in [6.45, 7) is 5.80. The number of aromatic nitrogens is 2. The topological polar surface area (TPSA) is 61.0 Å². The minimum Gasteiger partial charge on any atom is -0.337 e. The van der Waals surface area contributed by atoms with Crippen LogP contribution in [0.3, 0.4) is 0 Å². The molecule has 0 radical (unpaired) electrons. The Labute approximate surface area is 159 Å². The molecular formula is C18H24Cl2N4O. The Bertz CT molecular complexity index is 729. The van der Waals surface area contributed by atoms with Crippen molar-refractivity contribution >= 4 is 29.9 Å². The van der Waals surface area contributed by atoms with E-state index in [1.54, 1.807) is 4.90 Å². The minimum absolute atomic E-state index is 0. The number of H-pyrrole nitrogens is 1. The van der Waals surface area contributed by atoms with E-state index in [4.69, 9.17) is 11.6 Å². The summed E-state index contributed by atoms with van der Waals surface area (Å²) in [5, 5.41) is 11.3. The smallest absolute Gasteiger partial charge is 0.274 e. The number of amides is 1. The van der Waals surface area contributed by atoms with E-state index in [0.717, 1.165) is 34.8 Å². The van der Waals surface area contributed by atoms with Crippen molar-refractivity contribution in [2.45, 2.75) is 38.8 Å². The van der Waals surface area contributed by atoms with Crippen LogP contribution in [-0.2, 0) is 13.0 Å². The Morgan fingerprint density at radius 1 is 1.28 bits per heavy atom. The highest BCUT2D eigenvalue weighted by atomic mass is 35.5. The molecule has 3 rings (SSSR count). The Hall–Kier alpha value is -1.56. The maximum Gasteiger partial charge on any atom is 0.274 e. The fraction of sp³-hybridized carbons (Fsp3) is 0.444. The molecule has 1 aromatic heterocycles. The molecule has 0 spiro atoms. The van der Waals surface area contributed by atoms with E-state index in [1.165, 1.54) is 0 Å². The van der Waals surface area contributed by atoms with Crippen LogP contribution in [0.2, 0.25) is 5.02 Å². The van der Waals surface area contributed by atoms with Crippen molar-refractivity contribution in [2.24, 2.45) is 0 Å². The van der Waals surface area contributed by atoms with E-state index in [1.807, 2.05) is 31.3 Å². The maximum atomic E-state index is 12.9. The Morgan fingerprint density at radius 3 is 2.64 bits per heavy atom. The summed E-state index contributed by atoms with van der Waals surface area (Å²) in [7, 11) is 1.84. The third kappa shape index (κ3) is 4.00. The normalized spacial score (nSPS) is 15.7. The molecule has 1 aliphatic rings. The SMILES string of the molecule is CC(c1ccc(Cl)cc1)C(C)N(C)C(=O)c1n[nH]c2c1CNCC2.Cl. The third-order valence-electron chi connectivity index (χ3n) is 5.06. The molecule has 0 aliphatic carbocycles. The lowest BCUT2D eigenvalue weighted by Crippen LogP contribution is -2.39. The van der Waals surface area contributed by atoms with Crippen molar-refractivity contribution in [3.63, 3.8) is 0 Å². The van der Waals surface area contributed by atoms with Crippen LogP contribution in [0, 0.1) is 0 Å². The molecule has 2 unspecified atom stereocenters. The van der Waals surface area contributed by atoms with Gasteiger partial charge in [-0.15, -0.1) is 12.4 Å². The van der Waals surface area contributed by atoms with Gasteiger partial charge in [-0.2, -0.15) is 5.10 Å². The fourth-order valence-corrected chi connectivity index (χ4v) is 3.26. The summed E-state index contributed by atoms with van der Waals surface area (Å²) in [6.07, 6.45) is 0.885. The first-order chi connectivity index (χ1) is 11.5. The maximum absolute atomic E-state index is 12.9. The first-order valence-electron chi connectivity index (χ1n) is 8.28. The number of carbonyl (C=O) groups excluding carboxylic acids is 1. The summed E-state index contributed by atoms with van der Waals surface area (Å²) < 4.78 is 0. The van der Waals surface area contributed by atoms with Gasteiger partial charge in [-0.3, -0.25) is 9.89 Å². The molecular weight excluding hydrogens is 359 g/mol. The van der Waals surface area contributed by atoms with E-state index >= 15 is 0 Å². The number of hydrogen-bond acceptors (Lipinski definition) is 3. The van der Waals surface area contributed by atoms with Crippen LogP contribution in [0.15, 0.2) is 24.3 Å². The number of benzene rings is 1. The van der Waals surface area contributed by atoms with Gasteiger partial charge in [0, 0.05) is 54.8 Å². The number of rotatable bonds is 4.